The van der Waals surface area contributed by atoms with E-state index >= 15 is 0 Å². The second-order valence-electron chi connectivity index (χ2n) is 5.68. The van der Waals surface area contributed by atoms with E-state index in [4.69, 9.17) is 39.8 Å². The molecule has 0 saturated heterocycles. The lowest BCUT2D eigenvalue weighted by Gasteiger charge is -2.11. The predicted octanol–water partition coefficient (Wildman–Crippen LogP) is 7.00. The average molecular weight is 401 g/mol. The largest absolute Gasteiger partial charge is 0.340 e. The number of nitrogens with one attached hydrogen (secondary N) is 1. The maximum atomic E-state index is 6.15. The van der Waals surface area contributed by atoms with Crippen molar-refractivity contribution in [1.29, 1.82) is 0 Å². The quantitative estimate of drug-likeness (QED) is 0.402. The van der Waals surface area contributed by atoms with Crippen LogP contribution in [-0.2, 0) is 0 Å². The van der Waals surface area contributed by atoms with Crippen LogP contribution in [0.4, 0.5) is 11.5 Å². The normalized spacial score (nSPS) is 10.9. The first-order valence-corrected chi connectivity index (χ1v) is 8.98. The Morgan fingerprint density at radius 2 is 1.58 bits per heavy atom. The number of nitrogens with zero attached hydrogens (tertiary/aromatic N) is 2. The average Bonchev–Trinajstić information content (AvgIpc) is 2.64. The summed E-state index contributed by atoms with van der Waals surface area (Å²) in [4.78, 5) is 9.36. The third kappa shape index (κ3) is 3.47. The van der Waals surface area contributed by atoms with Crippen LogP contribution in [0.5, 0.6) is 0 Å². The van der Waals surface area contributed by atoms with E-state index in [2.05, 4.69) is 10.3 Å². The zero-order chi connectivity index (χ0) is 18.1. The summed E-state index contributed by atoms with van der Waals surface area (Å²) in [6, 6.07) is 20.6. The van der Waals surface area contributed by atoms with Gasteiger partial charge in [0.1, 0.15) is 5.82 Å². The molecule has 128 valence electrons. The molecule has 0 radical (unpaired) electrons. The van der Waals surface area contributed by atoms with Crippen molar-refractivity contribution in [3.63, 3.8) is 0 Å². The summed E-state index contributed by atoms with van der Waals surface area (Å²) in [6.07, 6.45) is 0. The van der Waals surface area contributed by atoms with Gasteiger partial charge in [0.05, 0.1) is 15.6 Å². The van der Waals surface area contributed by atoms with Crippen molar-refractivity contribution in [2.45, 2.75) is 0 Å². The topological polar surface area (TPSA) is 37.8 Å². The van der Waals surface area contributed by atoms with Gasteiger partial charge >= 0.3 is 0 Å². The number of fused-ring (bicyclic) bond motifs is 1. The summed E-state index contributed by atoms with van der Waals surface area (Å²) in [5, 5.41) is 5.85. The Balaban J connectivity index is 1.86. The number of benzene rings is 3. The zero-order valence-electron chi connectivity index (χ0n) is 13.4. The van der Waals surface area contributed by atoms with Crippen LogP contribution in [0, 0.1) is 0 Å². The number of para-hydroxylation sites is 1. The molecule has 4 aromatic rings. The summed E-state index contributed by atoms with van der Waals surface area (Å²) in [7, 11) is 0. The Morgan fingerprint density at radius 3 is 2.38 bits per heavy atom. The van der Waals surface area contributed by atoms with Gasteiger partial charge in [-0.15, -0.1) is 0 Å². The molecule has 4 rings (SSSR count). The van der Waals surface area contributed by atoms with E-state index in [1.807, 2.05) is 54.6 Å². The number of halogens is 3. The molecule has 0 saturated carbocycles. The Hall–Kier alpha value is -2.33. The first-order valence-electron chi connectivity index (χ1n) is 7.85. The molecule has 0 fully saturated rings. The number of aromatic nitrogens is 2. The minimum atomic E-state index is 0.463. The van der Waals surface area contributed by atoms with Crippen molar-refractivity contribution in [3.8, 4) is 11.4 Å². The van der Waals surface area contributed by atoms with E-state index in [1.54, 1.807) is 12.1 Å². The van der Waals surface area contributed by atoms with Gasteiger partial charge in [-0.05, 0) is 48.5 Å². The Kier molecular flexibility index (Phi) is 4.68. The first kappa shape index (κ1) is 17.1. The maximum absolute atomic E-state index is 6.15. The van der Waals surface area contributed by atoms with E-state index in [1.165, 1.54) is 0 Å². The minimum absolute atomic E-state index is 0.463. The van der Waals surface area contributed by atoms with Crippen LogP contribution in [0.2, 0.25) is 15.1 Å². The van der Waals surface area contributed by atoms with Crippen molar-refractivity contribution >= 4 is 57.2 Å². The Labute approximate surface area is 165 Å². The van der Waals surface area contributed by atoms with Crippen LogP contribution in [0.1, 0.15) is 0 Å². The molecule has 0 unspecified atom stereocenters. The van der Waals surface area contributed by atoms with Crippen molar-refractivity contribution in [3.05, 3.63) is 81.8 Å². The molecule has 1 N–H and O–H groups in total. The van der Waals surface area contributed by atoms with Crippen LogP contribution >= 0.6 is 34.8 Å². The van der Waals surface area contributed by atoms with Crippen molar-refractivity contribution in [1.82, 2.24) is 9.97 Å². The summed E-state index contributed by atoms with van der Waals surface area (Å²) in [5.74, 6) is 1.26. The van der Waals surface area contributed by atoms with Crippen LogP contribution < -0.4 is 5.32 Å². The van der Waals surface area contributed by atoms with Gasteiger partial charge < -0.3 is 5.32 Å². The summed E-state index contributed by atoms with van der Waals surface area (Å²) >= 11 is 18.3. The molecular formula is C20H12Cl3N3. The highest BCUT2D eigenvalue weighted by Crippen LogP contribution is 2.31. The molecule has 0 aliphatic heterocycles. The number of rotatable bonds is 3. The van der Waals surface area contributed by atoms with Gasteiger partial charge in [0.25, 0.3) is 0 Å². The van der Waals surface area contributed by atoms with Crippen LogP contribution in [-0.4, -0.2) is 9.97 Å². The SMILES string of the molecule is Clc1cccc(Nc2nc(-c3ccc(Cl)c(Cl)c3)nc3ccccc23)c1. The molecule has 1 heterocycles. The lowest BCUT2D eigenvalue weighted by Crippen LogP contribution is -1.99. The van der Waals surface area contributed by atoms with Crippen LogP contribution in [0.3, 0.4) is 0 Å². The van der Waals surface area contributed by atoms with Gasteiger partial charge in [0, 0.05) is 21.7 Å². The fraction of sp³-hybridized carbons (Fsp3) is 0. The molecule has 0 atom stereocenters. The Bertz CT molecular complexity index is 1110. The third-order valence-corrected chi connectivity index (χ3v) is 4.84. The number of hydrogen-bond donors (Lipinski definition) is 1. The van der Waals surface area contributed by atoms with Crippen LogP contribution in [0.25, 0.3) is 22.3 Å². The van der Waals surface area contributed by atoms with Gasteiger partial charge in [0.15, 0.2) is 5.82 Å². The number of hydrogen-bond acceptors (Lipinski definition) is 3. The van der Waals surface area contributed by atoms with Gasteiger partial charge in [-0.1, -0.05) is 53.0 Å². The molecule has 3 aromatic carbocycles. The molecule has 0 aliphatic carbocycles. The highest BCUT2D eigenvalue weighted by Gasteiger charge is 2.11. The second kappa shape index (κ2) is 7.12. The second-order valence-corrected chi connectivity index (χ2v) is 6.93. The standard InChI is InChI=1S/C20H12Cl3N3/c21-13-4-3-5-14(11-13)24-20-15-6-1-2-7-18(15)25-19(26-20)12-8-9-16(22)17(23)10-12/h1-11H,(H,24,25,26). The van der Waals surface area contributed by atoms with Crippen molar-refractivity contribution in [2.75, 3.05) is 5.32 Å². The Morgan fingerprint density at radius 1 is 0.731 bits per heavy atom. The van der Waals surface area contributed by atoms with Crippen molar-refractivity contribution < 1.29 is 0 Å². The summed E-state index contributed by atoms with van der Waals surface area (Å²) in [5.41, 5.74) is 2.47. The highest BCUT2D eigenvalue weighted by atomic mass is 35.5. The van der Waals surface area contributed by atoms with E-state index in [-0.39, 0.29) is 0 Å². The fourth-order valence-electron chi connectivity index (χ4n) is 2.64. The molecule has 0 spiro atoms. The van der Waals surface area contributed by atoms with Gasteiger partial charge in [-0.2, -0.15) is 0 Å². The summed E-state index contributed by atoms with van der Waals surface area (Å²) < 4.78 is 0. The first-order chi connectivity index (χ1) is 12.6. The monoisotopic (exact) mass is 399 g/mol. The lowest BCUT2D eigenvalue weighted by atomic mass is 10.1. The van der Waals surface area contributed by atoms with Gasteiger partial charge in [-0.25, -0.2) is 9.97 Å². The smallest absolute Gasteiger partial charge is 0.162 e. The lowest BCUT2D eigenvalue weighted by molar-refractivity contribution is 1.22. The molecule has 0 bridgehead atoms. The third-order valence-electron chi connectivity index (χ3n) is 3.87. The molecule has 0 aliphatic rings. The van der Waals surface area contributed by atoms with Gasteiger partial charge in [-0.3, -0.25) is 0 Å². The van der Waals surface area contributed by atoms with E-state index in [0.717, 1.165) is 22.2 Å². The zero-order valence-corrected chi connectivity index (χ0v) is 15.6. The van der Waals surface area contributed by atoms with E-state index in [9.17, 15) is 0 Å². The molecule has 26 heavy (non-hydrogen) atoms. The van der Waals surface area contributed by atoms with Crippen LogP contribution in [0.15, 0.2) is 66.7 Å². The van der Waals surface area contributed by atoms with Crippen molar-refractivity contribution in [2.24, 2.45) is 0 Å². The summed E-state index contributed by atoms with van der Waals surface area (Å²) in [6.45, 7) is 0. The molecule has 3 nitrogen and oxygen atoms in total. The van der Waals surface area contributed by atoms with Gasteiger partial charge in [0.2, 0.25) is 0 Å². The van der Waals surface area contributed by atoms with E-state index < -0.39 is 0 Å². The molecule has 6 heteroatoms. The fourth-order valence-corrected chi connectivity index (χ4v) is 3.13. The minimum Gasteiger partial charge on any atom is -0.340 e. The molecule has 1 aromatic heterocycles. The molecule has 0 amide bonds. The highest BCUT2D eigenvalue weighted by molar-refractivity contribution is 6.42. The number of anilines is 2. The maximum Gasteiger partial charge on any atom is 0.162 e. The predicted molar refractivity (Wildman–Crippen MR) is 110 cm³/mol. The molecular weight excluding hydrogens is 389 g/mol. The van der Waals surface area contributed by atoms with E-state index in [0.29, 0.717) is 26.7 Å².